The second-order valence-corrected chi connectivity index (χ2v) is 11.1. The van der Waals surface area contributed by atoms with Crippen molar-refractivity contribution in [2.45, 2.75) is 56.3 Å². The lowest BCUT2D eigenvalue weighted by atomic mass is 10.0. The third-order valence-electron chi connectivity index (χ3n) is 6.87. The van der Waals surface area contributed by atoms with E-state index in [1.807, 2.05) is 60.9 Å². The van der Waals surface area contributed by atoms with E-state index >= 15 is 0 Å². The predicted molar refractivity (Wildman–Crippen MR) is 163 cm³/mol. The number of hydrogen-bond donors (Lipinski definition) is 7. The molecular formula is C30H37N5O7S. The van der Waals surface area contributed by atoms with Crippen LogP contribution in [0.25, 0.3) is 10.9 Å². The van der Waals surface area contributed by atoms with Crippen molar-refractivity contribution < 1.29 is 34.2 Å². The lowest BCUT2D eigenvalue weighted by Crippen LogP contribution is -2.58. The number of H-pyrrole nitrogens is 1. The van der Waals surface area contributed by atoms with E-state index in [0.717, 1.165) is 22.0 Å². The molecule has 0 aliphatic carbocycles. The molecule has 0 aliphatic heterocycles. The number of rotatable bonds is 17. The van der Waals surface area contributed by atoms with Gasteiger partial charge in [0.25, 0.3) is 0 Å². The first-order valence-corrected chi connectivity index (χ1v) is 15.2. The third kappa shape index (κ3) is 10.1. The number of carboxylic acids is 2. The molecule has 3 amide bonds. The van der Waals surface area contributed by atoms with Gasteiger partial charge in [0.2, 0.25) is 17.7 Å². The number of carboxylic acid groups (broad SMARTS) is 2. The molecule has 230 valence electrons. The van der Waals surface area contributed by atoms with E-state index in [9.17, 15) is 29.1 Å². The molecule has 8 N–H and O–H groups in total. The van der Waals surface area contributed by atoms with Crippen LogP contribution in [0.4, 0.5) is 0 Å². The van der Waals surface area contributed by atoms with Crippen molar-refractivity contribution >= 4 is 52.3 Å². The molecule has 13 heteroatoms. The number of carbonyl (C=O) groups excluding carboxylic acids is 3. The molecule has 0 saturated heterocycles. The first-order chi connectivity index (χ1) is 20.6. The zero-order chi connectivity index (χ0) is 31.4. The van der Waals surface area contributed by atoms with Gasteiger partial charge in [0.1, 0.15) is 18.1 Å². The fourth-order valence-corrected chi connectivity index (χ4v) is 5.01. The van der Waals surface area contributed by atoms with Gasteiger partial charge in [0.15, 0.2) is 0 Å². The van der Waals surface area contributed by atoms with Crippen LogP contribution in [0.1, 0.15) is 30.4 Å². The van der Waals surface area contributed by atoms with Gasteiger partial charge in [0.05, 0.1) is 6.04 Å². The van der Waals surface area contributed by atoms with Crippen molar-refractivity contribution in [2.75, 3.05) is 12.0 Å². The van der Waals surface area contributed by atoms with E-state index < -0.39 is 60.2 Å². The van der Waals surface area contributed by atoms with Crippen LogP contribution in [0.2, 0.25) is 0 Å². The van der Waals surface area contributed by atoms with Gasteiger partial charge in [0, 0.05) is 29.9 Å². The summed E-state index contributed by atoms with van der Waals surface area (Å²) in [6, 6.07) is 12.1. The van der Waals surface area contributed by atoms with Gasteiger partial charge < -0.3 is 36.9 Å². The molecule has 0 radical (unpaired) electrons. The van der Waals surface area contributed by atoms with Crippen LogP contribution in [0.15, 0.2) is 60.8 Å². The number of para-hydroxylation sites is 1. The Kier molecular flexibility index (Phi) is 12.6. The third-order valence-corrected chi connectivity index (χ3v) is 7.52. The van der Waals surface area contributed by atoms with E-state index in [4.69, 9.17) is 10.8 Å². The Bertz CT molecular complexity index is 1410. The number of aliphatic carboxylic acids is 2. The van der Waals surface area contributed by atoms with Gasteiger partial charge in [-0.1, -0.05) is 48.5 Å². The Hall–Kier alpha value is -4.36. The Morgan fingerprint density at radius 3 is 2.12 bits per heavy atom. The number of benzene rings is 2. The number of hydrogen-bond acceptors (Lipinski definition) is 7. The summed E-state index contributed by atoms with van der Waals surface area (Å²) in [6.07, 6.45) is 3.30. The highest BCUT2D eigenvalue weighted by Crippen LogP contribution is 2.19. The van der Waals surface area contributed by atoms with E-state index in [1.54, 1.807) is 6.20 Å². The highest BCUT2D eigenvalue weighted by Gasteiger charge is 2.31. The number of nitrogens with one attached hydrogen (secondary N) is 4. The summed E-state index contributed by atoms with van der Waals surface area (Å²) < 4.78 is 0. The smallest absolute Gasteiger partial charge is 0.326 e. The van der Waals surface area contributed by atoms with Crippen LogP contribution >= 0.6 is 11.8 Å². The van der Waals surface area contributed by atoms with Crippen LogP contribution in [0.3, 0.4) is 0 Å². The second-order valence-electron chi connectivity index (χ2n) is 10.1. The zero-order valence-corrected chi connectivity index (χ0v) is 24.6. The summed E-state index contributed by atoms with van der Waals surface area (Å²) in [7, 11) is 0. The molecular weight excluding hydrogens is 574 g/mol. The zero-order valence-electron chi connectivity index (χ0n) is 23.7. The first kappa shape index (κ1) is 33.1. The van der Waals surface area contributed by atoms with E-state index in [0.29, 0.717) is 5.75 Å². The Morgan fingerprint density at radius 2 is 1.44 bits per heavy atom. The number of thioether (sulfide) groups is 1. The Labute approximate surface area is 253 Å². The monoisotopic (exact) mass is 611 g/mol. The summed E-state index contributed by atoms with van der Waals surface area (Å²) in [5, 5.41) is 27.1. The quantitative estimate of drug-likeness (QED) is 0.118. The summed E-state index contributed by atoms with van der Waals surface area (Å²) in [5.74, 6) is -4.08. The van der Waals surface area contributed by atoms with Gasteiger partial charge in [-0.25, -0.2) is 4.79 Å². The number of aromatic amines is 1. The molecule has 0 bridgehead atoms. The van der Waals surface area contributed by atoms with E-state index in [-0.39, 0.29) is 25.7 Å². The number of nitrogens with two attached hydrogens (primary N) is 1. The minimum Gasteiger partial charge on any atom is -0.481 e. The van der Waals surface area contributed by atoms with E-state index in [2.05, 4.69) is 20.9 Å². The molecule has 3 rings (SSSR count). The normalized spacial score (nSPS) is 13.8. The summed E-state index contributed by atoms with van der Waals surface area (Å²) >= 11 is 1.43. The minimum absolute atomic E-state index is 0.0902. The highest BCUT2D eigenvalue weighted by molar-refractivity contribution is 7.98. The largest absolute Gasteiger partial charge is 0.481 e. The Balaban J connectivity index is 1.81. The Morgan fingerprint density at radius 1 is 0.814 bits per heavy atom. The standard InChI is InChI=1S/C30H37N5O7S/c1-43-14-13-23(28(39)34-24(30(41)42)11-12-26(36)37)33-29(40)25(16-19-17-32-22-10-6-5-9-20(19)22)35-27(38)21(31)15-18-7-3-2-4-8-18/h2-10,17,21,23-25,32H,11-16,31H2,1H3,(H,33,40)(H,34,39)(H,35,38)(H,36,37)(H,41,42). The molecule has 43 heavy (non-hydrogen) atoms. The van der Waals surface area contributed by atoms with Crippen molar-refractivity contribution in [3.63, 3.8) is 0 Å². The lowest BCUT2D eigenvalue weighted by molar-refractivity contribution is -0.143. The highest BCUT2D eigenvalue weighted by atomic mass is 32.2. The second kappa shape index (κ2) is 16.3. The number of carbonyl (C=O) groups is 5. The summed E-state index contributed by atoms with van der Waals surface area (Å²) in [5.41, 5.74) is 8.66. The summed E-state index contributed by atoms with van der Waals surface area (Å²) in [4.78, 5) is 65.7. The average Bonchev–Trinajstić information content (AvgIpc) is 3.39. The van der Waals surface area contributed by atoms with Gasteiger partial charge in [-0.2, -0.15) is 11.8 Å². The van der Waals surface area contributed by atoms with Gasteiger partial charge in [-0.3, -0.25) is 19.2 Å². The van der Waals surface area contributed by atoms with Crippen molar-refractivity contribution in [2.24, 2.45) is 5.73 Å². The molecule has 0 fully saturated rings. The van der Waals surface area contributed by atoms with Gasteiger partial charge >= 0.3 is 11.9 Å². The average molecular weight is 612 g/mol. The van der Waals surface area contributed by atoms with Crippen molar-refractivity contribution in [3.05, 3.63) is 71.9 Å². The molecule has 1 aromatic heterocycles. The molecule has 4 atom stereocenters. The van der Waals surface area contributed by atoms with Crippen LogP contribution in [-0.2, 0) is 36.8 Å². The molecule has 3 aromatic rings. The van der Waals surface area contributed by atoms with Gasteiger partial charge in [-0.05, 0) is 48.5 Å². The molecule has 12 nitrogen and oxygen atoms in total. The number of fused-ring (bicyclic) bond motifs is 1. The summed E-state index contributed by atoms with van der Waals surface area (Å²) in [6.45, 7) is 0. The topological polar surface area (TPSA) is 204 Å². The van der Waals surface area contributed by atoms with Crippen LogP contribution in [0.5, 0.6) is 0 Å². The lowest BCUT2D eigenvalue weighted by Gasteiger charge is -2.25. The van der Waals surface area contributed by atoms with Crippen LogP contribution < -0.4 is 21.7 Å². The maximum absolute atomic E-state index is 13.7. The fourth-order valence-electron chi connectivity index (χ4n) is 4.54. The molecule has 4 unspecified atom stereocenters. The molecule has 0 spiro atoms. The molecule has 0 saturated carbocycles. The SMILES string of the molecule is CSCCC(NC(=O)C(Cc1c[nH]c2ccccc12)NC(=O)C(N)Cc1ccccc1)C(=O)NC(CCC(=O)O)C(=O)O. The predicted octanol–water partition coefficient (Wildman–Crippen LogP) is 1.44. The van der Waals surface area contributed by atoms with Gasteiger partial charge in [-0.15, -0.1) is 0 Å². The molecule has 0 aliphatic rings. The minimum atomic E-state index is -1.45. The molecule has 1 heterocycles. The molecule has 2 aromatic carbocycles. The van der Waals surface area contributed by atoms with Crippen LogP contribution in [-0.4, -0.2) is 81.0 Å². The number of aromatic nitrogens is 1. The van der Waals surface area contributed by atoms with Crippen molar-refractivity contribution in [1.82, 2.24) is 20.9 Å². The fraction of sp³-hybridized carbons (Fsp3) is 0.367. The van der Waals surface area contributed by atoms with Crippen molar-refractivity contribution in [1.29, 1.82) is 0 Å². The maximum atomic E-state index is 13.7. The first-order valence-electron chi connectivity index (χ1n) is 13.8. The maximum Gasteiger partial charge on any atom is 0.326 e. The van der Waals surface area contributed by atoms with E-state index in [1.165, 1.54) is 11.8 Å². The van der Waals surface area contributed by atoms with Crippen LogP contribution in [0, 0.1) is 0 Å². The van der Waals surface area contributed by atoms with Crippen molar-refractivity contribution in [3.8, 4) is 0 Å². The number of amides is 3.